The molecule has 0 heterocycles. The van der Waals surface area contributed by atoms with Gasteiger partial charge in [-0.3, -0.25) is 9.59 Å². The molecular formula is C19H21FN2O3. The largest absolute Gasteiger partial charge is 0.480 e. The third-order valence-corrected chi connectivity index (χ3v) is 3.77. The van der Waals surface area contributed by atoms with E-state index in [1.165, 1.54) is 17.0 Å². The van der Waals surface area contributed by atoms with Crippen LogP contribution in [0, 0.1) is 5.82 Å². The lowest BCUT2D eigenvalue weighted by atomic mass is 10.2. The number of amides is 1. The summed E-state index contributed by atoms with van der Waals surface area (Å²) in [4.78, 5) is 26.8. The van der Waals surface area contributed by atoms with Gasteiger partial charge in [-0.25, -0.2) is 4.39 Å². The molecule has 6 heteroatoms. The zero-order valence-corrected chi connectivity index (χ0v) is 14.1. The number of anilines is 1. The second kappa shape index (κ2) is 8.82. The molecule has 0 aliphatic carbocycles. The summed E-state index contributed by atoms with van der Waals surface area (Å²) in [5.41, 5.74) is 1.36. The number of benzene rings is 2. The van der Waals surface area contributed by atoms with Gasteiger partial charge in [0.25, 0.3) is 0 Å². The van der Waals surface area contributed by atoms with Gasteiger partial charge in [0.05, 0.1) is 6.54 Å². The summed E-state index contributed by atoms with van der Waals surface area (Å²) >= 11 is 0. The van der Waals surface area contributed by atoms with Crippen LogP contribution < -0.4 is 4.90 Å². The molecule has 0 saturated carbocycles. The minimum absolute atomic E-state index is 0.0561. The molecule has 1 N–H and O–H groups in total. The first-order chi connectivity index (χ1) is 12.0. The van der Waals surface area contributed by atoms with Crippen LogP contribution in [0.5, 0.6) is 0 Å². The number of carboxylic acid groups (broad SMARTS) is 1. The van der Waals surface area contributed by atoms with E-state index in [0.29, 0.717) is 17.8 Å². The number of hydrogen-bond acceptors (Lipinski definition) is 3. The van der Waals surface area contributed by atoms with Crippen LogP contribution in [0.1, 0.15) is 12.5 Å². The van der Waals surface area contributed by atoms with Gasteiger partial charge in [0.15, 0.2) is 0 Å². The maximum atomic E-state index is 13.3. The number of halogens is 1. The number of carbonyl (C=O) groups excluding carboxylic acids is 1. The van der Waals surface area contributed by atoms with Gasteiger partial charge < -0.3 is 14.9 Å². The van der Waals surface area contributed by atoms with Crippen LogP contribution in [0.4, 0.5) is 10.1 Å². The molecule has 0 aromatic heterocycles. The quantitative estimate of drug-likeness (QED) is 0.800. The van der Waals surface area contributed by atoms with Crippen LogP contribution >= 0.6 is 0 Å². The SMILES string of the molecule is CCN(Cc1cccc(F)c1)C(=O)CN(CC(=O)O)c1ccccc1. The number of likely N-dealkylation sites (N-methyl/N-ethyl adjacent to an activating group) is 1. The van der Waals surface area contributed by atoms with E-state index in [2.05, 4.69) is 0 Å². The molecule has 5 nitrogen and oxygen atoms in total. The highest BCUT2D eigenvalue weighted by Gasteiger charge is 2.19. The van der Waals surface area contributed by atoms with E-state index in [0.717, 1.165) is 0 Å². The van der Waals surface area contributed by atoms with Gasteiger partial charge in [0.2, 0.25) is 5.91 Å². The van der Waals surface area contributed by atoms with Gasteiger partial charge in [-0.15, -0.1) is 0 Å². The Kier molecular flexibility index (Phi) is 6.51. The fourth-order valence-corrected chi connectivity index (χ4v) is 2.54. The van der Waals surface area contributed by atoms with Gasteiger partial charge in [-0.05, 0) is 36.8 Å². The van der Waals surface area contributed by atoms with Gasteiger partial charge >= 0.3 is 5.97 Å². The van der Waals surface area contributed by atoms with E-state index < -0.39 is 5.97 Å². The van der Waals surface area contributed by atoms with E-state index in [-0.39, 0.29) is 31.4 Å². The van der Waals surface area contributed by atoms with Crippen LogP contribution in [0.3, 0.4) is 0 Å². The highest BCUT2D eigenvalue weighted by Crippen LogP contribution is 2.14. The molecule has 0 bridgehead atoms. The Bertz CT molecular complexity index is 722. The third kappa shape index (κ3) is 5.60. The Morgan fingerprint density at radius 3 is 2.36 bits per heavy atom. The maximum absolute atomic E-state index is 13.3. The number of para-hydroxylation sites is 1. The van der Waals surface area contributed by atoms with Crippen molar-refractivity contribution >= 4 is 17.6 Å². The molecule has 25 heavy (non-hydrogen) atoms. The molecule has 0 fully saturated rings. The second-order valence-corrected chi connectivity index (χ2v) is 5.62. The number of aliphatic carboxylic acids is 1. The standard InChI is InChI=1S/C19H21FN2O3/c1-2-21(12-15-7-6-8-16(20)11-15)18(23)13-22(14-19(24)25)17-9-4-3-5-10-17/h3-11H,2,12-14H2,1H3,(H,24,25). The minimum atomic E-state index is -1.01. The summed E-state index contributed by atoms with van der Waals surface area (Å²) in [5, 5.41) is 9.11. The zero-order valence-electron chi connectivity index (χ0n) is 14.1. The number of hydrogen-bond donors (Lipinski definition) is 1. The van der Waals surface area contributed by atoms with E-state index in [9.17, 15) is 14.0 Å². The molecule has 0 aliphatic heterocycles. The number of rotatable bonds is 8. The summed E-state index contributed by atoms with van der Waals surface area (Å²) in [6.45, 7) is 2.24. The molecule has 0 atom stereocenters. The van der Waals surface area contributed by atoms with E-state index in [1.54, 1.807) is 41.3 Å². The highest BCUT2D eigenvalue weighted by atomic mass is 19.1. The zero-order chi connectivity index (χ0) is 18.2. The van der Waals surface area contributed by atoms with Crippen molar-refractivity contribution in [3.05, 3.63) is 66.0 Å². The van der Waals surface area contributed by atoms with Crippen LogP contribution in [0.2, 0.25) is 0 Å². The lowest BCUT2D eigenvalue weighted by Gasteiger charge is -2.27. The van der Waals surface area contributed by atoms with E-state index in [4.69, 9.17) is 5.11 Å². The van der Waals surface area contributed by atoms with Crippen LogP contribution in [-0.2, 0) is 16.1 Å². The normalized spacial score (nSPS) is 10.3. The van der Waals surface area contributed by atoms with Crippen LogP contribution in [0.25, 0.3) is 0 Å². The van der Waals surface area contributed by atoms with Crippen LogP contribution in [-0.4, -0.2) is 41.5 Å². The molecular weight excluding hydrogens is 323 g/mol. The average molecular weight is 344 g/mol. The smallest absolute Gasteiger partial charge is 0.323 e. The van der Waals surface area contributed by atoms with Crippen molar-refractivity contribution in [2.24, 2.45) is 0 Å². The Balaban J connectivity index is 2.10. The van der Waals surface area contributed by atoms with Crippen molar-refractivity contribution in [1.29, 1.82) is 0 Å². The summed E-state index contributed by atoms with van der Waals surface area (Å²) in [6, 6.07) is 15.0. The molecule has 0 unspecified atom stereocenters. The molecule has 0 radical (unpaired) electrons. The number of carboxylic acids is 1. The van der Waals surface area contributed by atoms with Gasteiger partial charge in [0, 0.05) is 18.8 Å². The first-order valence-corrected chi connectivity index (χ1v) is 8.03. The molecule has 0 saturated heterocycles. The van der Waals surface area contributed by atoms with Gasteiger partial charge in [-0.2, -0.15) is 0 Å². The van der Waals surface area contributed by atoms with Crippen molar-refractivity contribution in [2.75, 3.05) is 24.5 Å². The van der Waals surface area contributed by atoms with Crippen molar-refractivity contribution in [3.8, 4) is 0 Å². The maximum Gasteiger partial charge on any atom is 0.323 e. The summed E-state index contributed by atoms with van der Waals surface area (Å²) in [5.74, 6) is -1.57. The van der Waals surface area contributed by atoms with E-state index >= 15 is 0 Å². The monoisotopic (exact) mass is 344 g/mol. The van der Waals surface area contributed by atoms with Crippen molar-refractivity contribution in [3.63, 3.8) is 0 Å². The average Bonchev–Trinajstić information content (AvgIpc) is 2.59. The molecule has 2 aromatic carbocycles. The Labute approximate surface area is 146 Å². The first-order valence-electron chi connectivity index (χ1n) is 8.03. The Hall–Kier alpha value is -2.89. The fraction of sp³-hybridized carbons (Fsp3) is 0.263. The predicted molar refractivity (Wildman–Crippen MR) is 93.8 cm³/mol. The van der Waals surface area contributed by atoms with Crippen molar-refractivity contribution in [1.82, 2.24) is 4.90 Å². The molecule has 132 valence electrons. The summed E-state index contributed by atoms with van der Waals surface area (Å²) in [7, 11) is 0. The molecule has 2 rings (SSSR count). The molecule has 1 amide bonds. The Morgan fingerprint density at radius 1 is 1.04 bits per heavy atom. The highest BCUT2D eigenvalue weighted by molar-refractivity contribution is 5.84. The minimum Gasteiger partial charge on any atom is -0.480 e. The van der Waals surface area contributed by atoms with Gasteiger partial charge in [0.1, 0.15) is 12.4 Å². The lowest BCUT2D eigenvalue weighted by Crippen LogP contribution is -2.42. The first kappa shape index (κ1) is 18.4. The fourth-order valence-electron chi connectivity index (χ4n) is 2.54. The van der Waals surface area contributed by atoms with E-state index in [1.807, 2.05) is 13.0 Å². The molecule has 0 spiro atoms. The van der Waals surface area contributed by atoms with Crippen molar-refractivity contribution in [2.45, 2.75) is 13.5 Å². The number of nitrogens with zero attached hydrogens (tertiary/aromatic N) is 2. The topological polar surface area (TPSA) is 60.9 Å². The summed E-state index contributed by atoms with van der Waals surface area (Å²) in [6.07, 6.45) is 0. The number of carbonyl (C=O) groups is 2. The predicted octanol–water partition coefficient (Wildman–Crippen LogP) is 2.77. The van der Waals surface area contributed by atoms with Crippen LogP contribution in [0.15, 0.2) is 54.6 Å². The Morgan fingerprint density at radius 2 is 1.76 bits per heavy atom. The second-order valence-electron chi connectivity index (χ2n) is 5.62. The van der Waals surface area contributed by atoms with Gasteiger partial charge in [-0.1, -0.05) is 30.3 Å². The lowest BCUT2D eigenvalue weighted by molar-refractivity contribution is -0.135. The third-order valence-electron chi connectivity index (χ3n) is 3.77. The molecule has 0 aliphatic rings. The summed E-state index contributed by atoms with van der Waals surface area (Å²) < 4.78 is 13.3. The van der Waals surface area contributed by atoms with Crippen molar-refractivity contribution < 1.29 is 19.1 Å². The molecule has 2 aromatic rings.